The molecule has 3 heterocycles. The van der Waals surface area contributed by atoms with Gasteiger partial charge in [0.05, 0.1) is 51.8 Å². The Hall–Kier alpha value is -1.06. The van der Waals surface area contributed by atoms with E-state index in [0.29, 0.717) is 38.5 Å². The molecule has 0 amide bonds. The minimum Gasteiger partial charge on any atom is -0.396 e. The number of allylic oxidation sites excluding steroid dienone is 1. The smallest absolute Gasteiger partial charge is 0.187 e. The van der Waals surface area contributed by atoms with Gasteiger partial charge >= 0.3 is 0 Å². The minimum absolute atomic E-state index is 0.0487. The van der Waals surface area contributed by atoms with E-state index < -0.39 is 140 Å². The Kier molecular flexibility index (Phi) is 16.9. The number of hydrogen-bond donors (Lipinski definition) is 14. The van der Waals surface area contributed by atoms with Crippen LogP contribution in [0.3, 0.4) is 0 Å². The van der Waals surface area contributed by atoms with Gasteiger partial charge in [-0.25, -0.2) is 0 Å². The highest BCUT2D eigenvalue weighted by Crippen LogP contribution is 2.75. The summed E-state index contributed by atoms with van der Waals surface area (Å²) in [6.07, 6.45) is -17.4. The summed E-state index contributed by atoms with van der Waals surface area (Å²) in [5, 5.41) is 150. The average Bonchev–Trinajstić information content (AvgIpc) is 3.32. The van der Waals surface area contributed by atoms with Crippen LogP contribution in [-0.4, -0.2) is 215 Å². The van der Waals surface area contributed by atoms with Crippen molar-refractivity contribution in [1.82, 2.24) is 0 Å². The second-order valence-electron chi connectivity index (χ2n) is 22.6. The van der Waals surface area contributed by atoms with E-state index in [2.05, 4.69) is 20.8 Å². The third kappa shape index (κ3) is 9.19. The van der Waals surface area contributed by atoms with E-state index >= 15 is 0 Å². The predicted molar refractivity (Wildman–Crippen MR) is 236 cm³/mol. The molecule has 7 aliphatic rings. The van der Waals surface area contributed by atoms with Gasteiger partial charge in [0.1, 0.15) is 73.2 Å². The normalized spacial score (nSPS) is 53.3. The van der Waals surface area contributed by atoms with Crippen molar-refractivity contribution in [3.05, 3.63) is 11.6 Å². The summed E-state index contributed by atoms with van der Waals surface area (Å²) in [5.41, 5.74) is -1.83. The molecule has 0 aromatic heterocycles. The molecule has 0 aromatic carbocycles. The first kappa shape index (κ1) is 54.7. The summed E-state index contributed by atoms with van der Waals surface area (Å²) in [7, 11) is 0. The van der Waals surface area contributed by atoms with Gasteiger partial charge < -0.3 is 99.9 Å². The summed E-state index contributed by atoms with van der Waals surface area (Å²) in [4.78, 5) is 0. The zero-order valence-electron chi connectivity index (χ0n) is 40.1. The van der Waals surface area contributed by atoms with Gasteiger partial charge in [-0.05, 0) is 105 Å². The second-order valence-corrected chi connectivity index (χ2v) is 22.6. The Labute approximate surface area is 398 Å². The molecule has 3 saturated heterocycles. The van der Waals surface area contributed by atoms with Crippen molar-refractivity contribution in [3.63, 3.8) is 0 Å². The molecule has 20 heteroatoms. The van der Waals surface area contributed by atoms with Gasteiger partial charge in [0.25, 0.3) is 0 Å². The third-order valence-corrected chi connectivity index (χ3v) is 19.2. The number of rotatable bonds is 15. The van der Waals surface area contributed by atoms with Crippen LogP contribution in [-0.2, 0) is 28.4 Å². The fourth-order valence-electron chi connectivity index (χ4n) is 14.7. The van der Waals surface area contributed by atoms with Crippen molar-refractivity contribution in [2.24, 2.45) is 44.8 Å². The number of ether oxygens (including phenoxy) is 6. The topological polar surface area (TPSA) is 339 Å². The van der Waals surface area contributed by atoms with E-state index in [4.69, 9.17) is 28.4 Å². The molecule has 394 valence electrons. The van der Waals surface area contributed by atoms with E-state index in [1.54, 1.807) is 0 Å². The molecule has 4 saturated carbocycles. The summed E-state index contributed by atoms with van der Waals surface area (Å²) >= 11 is 0. The Morgan fingerprint density at radius 2 is 1.15 bits per heavy atom. The van der Waals surface area contributed by atoms with Crippen molar-refractivity contribution >= 4 is 0 Å². The molecule has 0 spiro atoms. The molecule has 25 atom stereocenters. The SMILES string of the molecule is C/C(=C/CC[C@@]1(CO)CC[C@@]2(C)[C@@H](CC[C@H]3[C@]4(C)CC[C@@H](O[C@H]5O[C@@H](CO)[C@H](O)[C@@H](O)[C@@H]5O[C@H]5O[C@@H](CO)[C@H](O)[C@@H](O)[C@@H]5O)[C@](C)(CO[C@H]5O[C@@H](CO)[C@H](O)[C@@H](O)[C@@H]5O)[C@H]4CC[C@@]32C)[C@@H]1O)CO. The summed E-state index contributed by atoms with van der Waals surface area (Å²) in [5.74, 6) is -0.157. The van der Waals surface area contributed by atoms with Crippen molar-refractivity contribution in [1.29, 1.82) is 0 Å². The largest absolute Gasteiger partial charge is 0.396 e. The molecular formula is C48H82O20. The fraction of sp³-hybridized carbons (Fsp3) is 0.958. The molecule has 4 aliphatic carbocycles. The summed E-state index contributed by atoms with van der Waals surface area (Å²) in [6.45, 7) is 8.24. The van der Waals surface area contributed by atoms with Crippen molar-refractivity contribution in [2.75, 3.05) is 39.6 Å². The van der Waals surface area contributed by atoms with Crippen LogP contribution in [0.2, 0.25) is 0 Å². The maximum Gasteiger partial charge on any atom is 0.187 e. The molecule has 20 nitrogen and oxygen atoms in total. The van der Waals surface area contributed by atoms with Gasteiger partial charge in [0.2, 0.25) is 0 Å². The maximum atomic E-state index is 12.4. The van der Waals surface area contributed by atoms with Gasteiger partial charge in [-0.1, -0.05) is 39.3 Å². The van der Waals surface area contributed by atoms with Gasteiger partial charge in [0.15, 0.2) is 18.9 Å². The molecule has 0 bridgehead atoms. The van der Waals surface area contributed by atoms with Crippen LogP contribution in [0.5, 0.6) is 0 Å². The van der Waals surface area contributed by atoms with Crippen molar-refractivity contribution < 1.29 is 99.9 Å². The highest BCUT2D eigenvalue weighted by atomic mass is 16.8. The molecule has 0 radical (unpaired) electrons. The standard InChI is InChI=1S/C48H82O20/c1-23(17-49)7-6-12-48(21-53)16-15-46(4)24(40(48)62)8-9-29-44(2)13-11-30(45(3,28(44)10-14-47(29,46)5)22-63-41-37(60)34(57)31(54)25(18-50)64-41)67-43-39(36(59)33(56)27(20-52)66-43)68-42-38(61)35(58)32(55)26(19-51)65-42/h7,24-43,49-62H,6,8-22H2,1-5H3/b23-7-/t24-,25-,26-,27-,28-,29-,30+,31-,32-,33-,34+,35+,36+,37-,38-,39-,40-,41-,42+,43+,44+,45+,46-,47-,48-/m0/s1. The Morgan fingerprint density at radius 1 is 0.574 bits per heavy atom. The predicted octanol–water partition coefficient (Wildman–Crippen LogP) is -2.08. The first-order valence-corrected chi connectivity index (χ1v) is 24.8. The molecule has 0 aromatic rings. The monoisotopic (exact) mass is 979 g/mol. The van der Waals surface area contributed by atoms with E-state index in [1.807, 2.05) is 19.9 Å². The lowest BCUT2D eigenvalue weighted by Crippen LogP contribution is -2.69. The van der Waals surface area contributed by atoms with Crippen LogP contribution >= 0.6 is 0 Å². The average molecular weight is 979 g/mol. The Balaban J connectivity index is 1.21. The van der Waals surface area contributed by atoms with Crippen molar-refractivity contribution in [2.45, 2.75) is 203 Å². The number of aliphatic hydroxyl groups excluding tert-OH is 14. The molecule has 3 aliphatic heterocycles. The highest BCUT2D eigenvalue weighted by molar-refractivity contribution is 5.19. The number of fused-ring (bicyclic) bond motifs is 5. The van der Waals surface area contributed by atoms with E-state index in [-0.39, 0.29) is 48.4 Å². The van der Waals surface area contributed by atoms with Crippen molar-refractivity contribution in [3.8, 4) is 0 Å². The number of hydrogen-bond acceptors (Lipinski definition) is 20. The Bertz CT molecular complexity index is 1710. The highest BCUT2D eigenvalue weighted by Gasteiger charge is 2.71. The summed E-state index contributed by atoms with van der Waals surface area (Å²) < 4.78 is 36.9. The quantitative estimate of drug-likeness (QED) is 0.0619. The minimum atomic E-state index is -1.88. The zero-order valence-corrected chi connectivity index (χ0v) is 40.1. The van der Waals surface area contributed by atoms with E-state index in [9.17, 15) is 71.5 Å². The van der Waals surface area contributed by atoms with Gasteiger partial charge in [-0.3, -0.25) is 0 Å². The lowest BCUT2D eigenvalue weighted by Gasteiger charge is -2.72. The van der Waals surface area contributed by atoms with Crippen LogP contribution in [0.15, 0.2) is 11.6 Å². The molecule has 7 rings (SSSR count). The lowest BCUT2D eigenvalue weighted by atomic mass is 9.33. The van der Waals surface area contributed by atoms with Crippen LogP contribution in [0.25, 0.3) is 0 Å². The van der Waals surface area contributed by atoms with Crippen LogP contribution in [0.1, 0.15) is 98.8 Å². The maximum absolute atomic E-state index is 12.4. The molecule has 68 heavy (non-hydrogen) atoms. The molecule has 0 unspecified atom stereocenters. The fourth-order valence-corrected chi connectivity index (χ4v) is 14.7. The van der Waals surface area contributed by atoms with Gasteiger partial charge in [0, 0.05) is 10.8 Å². The van der Waals surface area contributed by atoms with Crippen LogP contribution in [0, 0.1) is 44.8 Å². The third-order valence-electron chi connectivity index (χ3n) is 19.2. The summed E-state index contributed by atoms with van der Waals surface area (Å²) in [6, 6.07) is 0. The Morgan fingerprint density at radius 3 is 1.74 bits per heavy atom. The van der Waals surface area contributed by atoms with E-state index in [1.165, 1.54) is 0 Å². The van der Waals surface area contributed by atoms with Gasteiger partial charge in [-0.2, -0.15) is 0 Å². The zero-order chi connectivity index (χ0) is 49.9. The van der Waals surface area contributed by atoms with Crippen LogP contribution < -0.4 is 0 Å². The van der Waals surface area contributed by atoms with Gasteiger partial charge in [-0.15, -0.1) is 0 Å². The molecular weight excluding hydrogens is 897 g/mol. The lowest BCUT2D eigenvalue weighted by molar-refractivity contribution is -0.382. The molecule has 7 fully saturated rings. The van der Waals surface area contributed by atoms with Crippen LogP contribution in [0.4, 0.5) is 0 Å². The first-order valence-electron chi connectivity index (χ1n) is 24.8. The molecule has 14 N–H and O–H groups in total. The first-order chi connectivity index (χ1) is 32.1. The van der Waals surface area contributed by atoms with E-state index in [0.717, 1.165) is 31.3 Å². The number of aliphatic hydroxyl groups is 14. The second kappa shape index (κ2) is 21.0.